The Hall–Kier alpha value is -3.22. The fourth-order valence-corrected chi connectivity index (χ4v) is 3.61. The second-order valence-corrected chi connectivity index (χ2v) is 6.80. The quantitative estimate of drug-likeness (QED) is 0.737. The SMILES string of the molecule is CCC[C@H](C(=O)Nc1cc(OC)c(OC)c(OC)c1)N1Cc2ccccc2C1=O. The van der Waals surface area contributed by atoms with Crippen LogP contribution in [0.1, 0.15) is 35.7 Å². The molecule has 2 amide bonds. The Labute approximate surface area is 170 Å². The van der Waals surface area contributed by atoms with Crippen molar-refractivity contribution >= 4 is 17.5 Å². The molecule has 0 fully saturated rings. The average molecular weight is 398 g/mol. The largest absolute Gasteiger partial charge is 0.493 e. The second-order valence-electron chi connectivity index (χ2n) is 6.80. The highest BCUT2D eigenvalue weighted by Crippen LogP contribution is 2.40. The van der Waals surface area contributed by atoms with Gasteiger partial charge in [-0.05, 0) is 18.1 Å². The van der Waals surface area contributed by atoms with Gasteiger partial charge in [0.15, 0.2) is 11.5 Å². The predicted molar refractivity (Wildman–Crippen MR) is 110 cm³/mol. The molecule has 0 saturated heterocycles. The van der Waals surface area contributed by atoms with E-state index in [2.05, 4.69) is 5.32 Å². The van der Waals surface area contributed by atoms with E-state index < -0.39 is 6.04 Å². The second kappa shape index (κ2) is 8.86. The number of ether oxygens (including phenoxy) is 3. The van der Waals surface area contributed by atoms with E-state index in [9.17, 15) is 9.59 Å². The molecule has 2 aromatic rings. The maximum Gasteiger partial charge on any atom is 0.255 e. The smallest absolute Gasteiger partial charge is 0.255 e. The van der Waals surface area contributed by atoms with Crippen molar-refractivity contribution in [3.05, 3.63) is 47.5 Å². The predicted octanol–water partition coefficient (Wildman–Crippen LogP) is 3.48. The maximum absolute atomic E-state index is 13.1. The molecule has 7 nitrogen and oxygen atoms in total. The Morgan fingerprint density at radius 1 is 1.10 bits per heavy atom. The van der Waals surface area contributed by atoms with E-state index in [1.807, 2.05) is 25.1 Å². The zero-order valence-electron chi connectivity index (χ0n) is 17.2. The van der Waals surface area contributed by atoms with Crippen LogP contribution in [-0.2, 0) is 11.3 Å². The number of methoxy groups -OCH3 is 3. The van der Waals surface area contributed by atoms with Crippen molar-refractivity contribution in [3.63, 3.8) is 0 Å². The molecule has 0 aromatic heterocycles. The summed E-state index contributed by atoms with van der Waals surface area (Å²) < 4.78 is 16.0. The minimum Gasteiger partial charge on any atom is -0.493 e. The summed E-state index contributed by atoms with van der Waals surface area (Å²) in [6, 6.07) is 10.2. The van der Waals surface area contributed by atoms with Gasteiger partial charge in [-0.1, -0.05) is 31.5 Å². The molecule has 1 aliphatic heterocycles. The third kappa shape index (κ3) is 3.99. The van der Waals surface area contributed by atoms with E-state index in [1.54, 1.807) is 23.1 Å². The highest BCUT2D eigenvalue weighted by atomic mass is 16.5. The van der Waals surface area contributed by atoms with Crippen molar-refractivity contribution in [2.45, 2.75) is 32.4 Å². The first-order valence-corrected chi connectivity index (χ1v) is 9.53. The summed E-state index contributed by atoms with van der Waals surface area (Å²) in [5, 5.41) is 2.90. The zero-order valence-corrected chi connectivity index (χ0v) is 17.2. The number of rotatable bonds is 8. The van der Waals surface area contributed by atoms with Crippen LogP contribution in [-0.4, -0.2) is 44.1 Å². The molecule has 0 spiro atoms. The van der Waals surface area contributed by atoms with Gasteiger partial charge >= 0.3 is 0 Å². The lowest BCUT2D eigenvalue weighted by Gasteiger charge is -2.27. The van der Waals surface area contributed by atoms with Gasteiger partial charge in [0.25, 0.3) is 5.91 Å². The monoisotopic (exact) mass is 398 g/mol. The van der Waals surface area contributed by atoms with Gasteiger partial charge in [0.05, 0.1) is 21.3 Å². The lowest BCUT2D eigenvalue weighted by atomic mass is 10.1. The summed E-state index contributed by atoms with van der Waals surface area (Å²) in [7, 11) is 4.55. The Morgan fingerprint density at radius 3 is 2.31 bits per heavy atom. The summed E-state index contributed by atoms with van der Waals surface area (Å²) in [5.41, 5.74) is 2.11. The summed E-state index contributed by atoms with van der Waals surface area (Å²) in [4.78, 5) is 27.6. The molecule has 0 unspecified atom stereocenters. The summed E-state index contributed by atoms with van der Waals surface area (Å²) in [6.07, 6.45) is 1.34. The Kier molecular flexibility index (Phi) is 6.26. The van der Waals surface area contributed by atoms with Crippen LogP contribution in [0.2, 0.25) is 0 Å². The van der Waals surface area contributed by atoms with Crippen LogP contribution in [0.5, 0.6) is 17.2 Å². The Balaban J connectivity index is 1.85. The van der Waals surface area contributed by atoms with Gasteiger partial charge in [-0.25, -0.2) is 0 Å². The number of nitrogens with zero attached hydrogens (tertiary/aromatic N) is 1. The normalized spacial score (nSPS) is 13.7. The first-order valence-electron chi connectivity index (χ1n) is 9.53. The van der Waals surface area contributed by atoms with Crippen LogP contribution >= 0.6 is 0 Å². The van der Waals surface area contributed by atoms with E-state index in [0.717, 1.165) is 12.0 Å². The molecule has 2 aromatic carbocycles. The van der Waals surface area contributed by atoms with Crippen molar-refractivity contribution in [2.75, 3.05) is 26.6 Å². The molecule has 154 valence electrons. The van der Waals surface area contributed by atoms with Crippen molar-refractivity contribution < 1.29 is 23.8 Å². The standard InChI is InChI=1S/C22H26N2O5/c1-5-8-17(24-13-14-9-6-7-10-16(14)22(24)26)21(25)23-15-11-18(27-2)20(29-4)19(12-15)28-3/h6-7,9-12,17H,5,8,13H2,1-4H3,(H,23,25)/t17-/m1/s1. The van der Waals surface area contributed by atoms with Crippen LogP contribution in [0.4, 0.5) is 5.69 Å². The topological polar surface area (TPSA) is 77.1 Å². The van der Waals surface area contributed by atoms with Gasteiger partial charge in [-0.2, -0.15) is 0 Å². The van der Waals surface area contributed by atoms with Crippen LogP contribution in [0.25, 0.3) is 0 Å². The molecule has 0 saturated carbocycles. The minimum atomic E-state index is -0.570. The molecular weight excluding hydrogens is 372 g/mol. The molecule has 29 heavy (non-hydrogen) atoms. The molecule has 1 atom stereocenters. The van der Waals surface area contributed by atoms with Crippen LogP contribution < -0.4 is 19.5 Å². The first-order chi connectivity index (χ1) is 14.0. The minimum absolute atomic E-state index is 0.112. The van der Waals surface area contributed by atoms with E-state index in [0.29, 0.717) is 41.5 Å². The molecule has 0 aliphatic carbocycles. The average Bonchev–Trinajstić information content (AvgIpc) is 3.07. The van der Waals surface area contributed by atoms with Gasteiger partial charge in [-0.3, -0.25) is 9.59 Å². The van der Waals surface area contributed by atoms with Gasteiger partial charge in [0.2, 0.25) is 11.7 Å². The molecular formula is C22H26N2O5. The number of benzene rings is 2. The van der Waals surface area contributed by atoms with E-state index >= 15 is 0 Å². The Bertz CT molecular complexity index is 887. The summed E-state index contributed by atoms with van der Waals surface area (Å²) >= 11 is 0. The number of carbonyl (C=O) groups is 2. The number of fused-ring (bicyclic) bond motifs is 1. The number of hydrogen-bond acceptors (Lipinski definition) is 5. The van der Waals surface area contributed by atoms with E-state index in [-0.39, 0.29) is 11.8 Å². The Morgan fingerprint density at radius 2 is 1.76 bits per heavy atom. The molecule has 0 radical (unpaired) electrons. The highest BCUT2D eigenvalue weighted by Gasteiger charge is 2.35. The van der Waals surface area contributed by atoms with Crippen molar-refractivity contribution in [1.29, 1.82) is 0 Å². The van der Waals surface area contributed by atoms with E-state index in [1.165, 1.54) is 21.3 Å². The van der Waals surface area contributed by atoms with Gasteiger partial charge in [0.1, 0.15) is 6.04 Å². The fourth-order valence-electron chi connectivity index (χ4n) is 3.61. The first kappa shape index (κ1) is 20.5. The number of carbonyl (C=O) groups excluding carboxylic acids is 2. The molecule has 1 heterocycles. The maximum atomic E-state index is 13.1. The molecule has 7 heteroatoms. The van der Waals surface area contributed by atoms with Gasteiger partial charge < -0.3 is 24.4 Å². The van der Waals surface area contributed by atoms with Crippen LogP contribution in [0.15, 0.2) is 36.4 Å². The van der Waals surface area contributed by atoms with E-state index in [4.69, 9.17) is 14.2 Å². The van der Waals surface area contributed by atoms with Gasteiger partial charge in [0, 0.05) is 29.9 Å². The number of hydrogen-bond donors (Lipinski definition) is 1. The number of amides is 2. The molecule has 3 rings (SSSR count). The molecule has 0 bridgehead atoms. The third-order valence-electron chi connectivity index (χ3n) is 5.02. The lowest BCUT2D eigenvalue weighted by Crippen LogP contribution is -2.44. The van der Waals surface area contributed by atoms with Crippen molar-refractivity contribution in [1.82, 2.24) is 4.90 Å². The molecule has 1 N–H and O–H groups in total. The lowest BCUT2D eigenvalue weighted by molar-refractivity contribution is -0.120. The highest BCUT2D eigenvalue weighted by molar-refractivity contribution is 6.03. The fraction of sp³-hybridized carbons (Fsp3) is 0.364. The van der Waals surface area contributed by atoms with Gasteiger partial charge in [-0.15, -0.1) is 0 Å². The van der Waals surface area contributed by atoms with Crippen LogP contribution in [0, 0.1) is 0 Å². The van der Waals surface area contributed by atoms with Crippen molar-refractivity contribution in [2.24, 2.45) is 0 Å². The van der Waals surface area contributed by atoms with Crippen LogP contribution in [0.3, 0.4) is 0 Å². The molecule has 1 aliphatic rings. The number of nitrogens with one attached hydrogen (secondary N) is 1. The zero-order chi connectivity index (χ0) is 21.0. The third-order valence-corrected chi connectivity index (χ3v) is 5.02. The van der Waals surface area contributed by atoms with Crippen molar-refractivity contribution in [3.8, 4) is 17.2 Å². The number of anilines is 1. The summed E-state index contributed by atoms with van der Waals surface area (Å²) in [5.74, 6) is 0.974. The summed E-state index contributed by atoms with van der Waals surface area (Å²) in [6.45, 7) is 2.43.